The zero-order valence-corrected chi connectivity index (χ0v) is 16.6. The van der Waals surface area contributed by atoms with Crippen LogP contribution >= 0.6 is 11.3 Å². The van der Waals surface area contributed by atoms with E-state index in [4.69, 9.17) is 4.74 Å². The first-order valence-corrected chi connectivity index (χ1v) is 10.9. The van der Waals surface area contributed by atoms with Gasteiger partial charge >= 0.3 is 0 Å². The van der Waals surface area contributed by atoms with Gasteiger partial charge in [0.25, 0.3) is 5.69 Å². The first-order valence-electron chi connectivity index (χ1n) is 8.61. The Morgan fingerprint density at radius 3 is 2.79 bits per heavy atom. The van der Waals surface area contributed by atoms with Crippen LogP contribution in [0.25, 0.3) is 10.2 Å². The summed E-state index contributed by atoms with van der Waals surface area (Å²) in [5.41, 5.74) is 0.537. The van der Waals surface area contributed by atoms with Crippen LogP contribution in [0.4, 0.5) is 5.69 Å². The van der Waals surface area contributed by atoms with E-state index in [0.717, 1.165) is 21.3 Å². The highest BCUT2D eigenvalue weighted by atomic mass is 32.2. The van der Waals surface area contributed by atoms with Crippen molar-refractivity contribution in [3.8, 4) is 5.75 Å². The lowest BCUT2D eigenvalue weighted by Gasteiger charge is -2.23. The van der Waals surface area contributed by atoms with Crippen molar-refractivity contribution in [1.29, 1.82) is 0 Å². The molecule has 2 heterocycles. The molecule has 1 aromatic heterocycles. The maximum absolute atomic E-state index is 13.4. The Kier molecular flexibility index (Phi) is 4.77. The summed E-state index contributed by atoms with van der Waals surface area (Å²) in [6.07, 6.45) is 1.34. The molecule has 0 bridgehead atoms. The molecule has 1 fully saturated rings. The summed E-state index contributed by atoms with van der Waals surface area (Å²) >= 11 is 1.47. The van der Waals surface area contributed by atoms with Crippen molar-refractivity contribution in [2.75, 3.05) is 13.7 Å². The number of thiazole rings is 1. The van der Waals surface area contributed by atoms with E-state index in [9.17, 15) is 18.5 Å². The van der Waals surface area contributed by atoms with E-state index in [1.165, 1.54) is 34.9 Å². The second-order valence-electron chi connectivity index (χ2n) is 6.39. The topological polar surface area (TPSA) is 103 Å². The predicted molar refractivity (Wildman–Crippen MR) is 105 cm³/mol. The molecule has 1 atom stereocenters. The minimum atomic E-state index is -4.00. The van der Waals surface area contributed by atoms with Crippen LogP contribution in [0.15, 0.2) is 47.4 Å². The molecule has 10 heteroatoms. The number of fused-ring (bicyclic) bond motifs is 1. The van der Waals surface area contributed by atoms with Crippen LogP contribution in [0, 0.1) is 10.1 Å². The number of benzene rings is 2. The molecule has 0 spiro atoms. The van der Waals surface area contributed by atoms with E-state index < -0.39 is 21.0 Å². The zero-order valence-electron chi connectivity index (χ0n) is 14.9. The zero-order chi connectivity index (χ0) is 19.9. The highest BCUT2D eigenvalue weighted by Crippen LogP contribution is 2.41. The van der Waals surface area contributed by atoms with Crippen LogP contribution in [-0.2, 0) is 10.0 Å². The summed E-state index contributed by atoms with van der Waals surface area (Å²) in [6.45, 7) is 0.328. The third kappa shape index (κ3) is 3.13. The Morgan fingerprint density at radius 1 is 1.29 bits per heavy atom. The van der Waals surface area contributed by atoms with Crippen LogP contribution < -0.4 is 4.74 Å². The predicted octanol–water partition coefficient (Wildman–Crippen LogP) is 3.74. The molecule has 8 nitrogen and oxygen atoms in total. The van der Waals surface area contributed by atoms with E-state index in [-0.39, 0.29) is 16.3 Å². The number of para-hydroxylation sites is 1. The quantitative estimate of drug-likeness (QED) is 0.461. The Labute approximate surface area is 165 Å². The highest BCUT2D eigenvalue weighted by Gasteiger charge is 2.39. The number of hydrogen-bond acceptors (Lipinski definition) is 7. The molecular weight excluding hydrogens is 402 g/mol. The van der Waals surface area contributed by atoms with Crippen molar-refractivity contribution in [2.45, 2.75) is 23.8 Å². The average Bonchev–Trinajstić information content (AvgIpc) is 3.34. The summed E-state index contributed by atoms with van der Waals surface area (Å²) in [7, 11) is -2.66. The Balaban J connectivity index is 1.78. The van der Waals surface area contributed by atoms with Crippen LogP contribution in [0.1, 0.15) is 23.9 Å². The van der Waals surface area contributed by atoms with Crippen molar-refractivity contribution in [2.24, 2.45) is 0 Å². The second kappa shape index (κ2) is 7.12. The first-order chi connectivity index (χ1) is 13.4. The number of hydrogen-bond donors (Lipinski definition) is 0. The summed E-state index contributed by atoms with van der Waals surface area (Å²) in [5, 5.41) is 11.9. The number of non-ortho nitro benzene ring substituents is 1. The molecular formula is C18H17N3O5S2. The molecule has 1 saturated heterocycles. The lowest BCUT2D eigenvalue weighted by molar-refractivity contribution is -0.385. The number of ether oxygens (including phenoxy) is 1. The minimum Gasteiger partial charge on any atom is -0.495 e. The van der Waals surface area contributed by atoms with E-state index >= 15 is 0 Å². The molecule has 1 unspecified atom stereocenters. The molecule has 1 aliphatic heterocycles. The van der Waals surface area contributed by atoms with Crippen molar-refractivity contribution < 1.29 is 18.1 Å². The summed E-state index contributed by atoms with van der Waals surface area (Å²) in [5.74, 6) is 0.0838. The average molecular weight is 419 g/mol. The first kappa shape index (κ1) is 18.8. The van der Waals surface area contributed by atoms with Gasteiger partial charge in [0.1, 0.15) is 15.7 Å². The van der Waals surface area contributed by atoms with Crippen LogP contribution in [-0.4, -0.2) is 36.3 Å². The summed E-state index contributed by atoms with van der Waals surface area (Å²) < 4.78 is 34.3. The maximum Gasteiger partial charge on any atom is 0.271 e. The van der Waals surface area contributed by atoms with Gasteiger partial charge in [-0.1, -0.05) is 12.1 Å². The van der Waals surface area contributed by atoms with Gasteiger partial charge in [-0.05, 0) is 31.0 Å². The monoisotopic (exact) mass is 419 g/mol. The van der Waals surface area contributed by atoms with Gasteiger partial charge in [0.15, 0.2) is 0 Å². The van der Waals surface area contributed by atoms with Gasteiger partial charge in [0, 0.05) is 18.7 Å². The number of nitro groups is 1. The van der Waals surface area contributed by atoms with Crippen LogP contribution in [0.2, 0.25) is 0 Å². The lowest BCUT2D eigenvalue weighted by atomic mass is 10.2. The van der Waals surface area contributed by atoms with Gasteiger partial charge in [-0.2, -0.15) is 4.31 Å². The van der Waals surface area contributed by atoms with E-state index in [2.05, 4.69) is 4.98 Å². The summed E-state index contributed by atoms with van der Waals surface area (Å²) in [6, 6.07) is 10.9. The molecule has 0 amide bonds. The number of methoxy groups -OCH3 is 1. The molecule has 2 aromatic carbocycles. The molecule has 28 heavy (non-hydrogen) atoms. The van der Waals surface area contributed by atoms with Gasteiger partial charge in [0.05, 0.1) is 28.3 Å². The number of sulfonamides is 1. The number of rotatable bonds is 5. The van der Waals surface area contributed by atoms with Gasteiger partial charge < -0.3 is 4.74 Å². The Morgan fingerprint density at radius 2 is 2.07 bits per heavy atom. The Bertz CT molecular complexity index is 1130. The third-order valence-electron chi connectivity index (χ3n) is 4.74. The molecule has 4 rings (SSSR count). The van der Waals surface area contributed by atoms with Gasteiger partial charge in [0.2, 0.25) is 10.0 Å². The summed E-state index contributed by atoms with van der Waals surface area (Å²) in [4.78, 5) is 14.9. The normalized spacial score (nSPS) is 17.8. The molecule has 0 aliphatic carbocycles. The molecule has 0 N–H and O–H groups in total. The SMILES string of the molecule is COc1ccc([N+](=O)[O-])cc1S(=O)(=O)N1CCCC1c1nc2ccccc2s1. The van der Waals surface area contributed by atoms with Crippen LogP contribution in [0.5, 0.6) is 5.75 Å². The smallest absolute Gasteiger partial charge is 0.271 e. The fraction of sp³-hybridized carbons (Fsp3) is 0.278. The Hall–Kier alpha value is -2.56. The number of nitro benzene ring substituents is 1. The highest BCUT2D eigenvalue weighted by molar-refractivity contribution is 7.89. The molecule has 3 aromatic rings. The van der Waals surface area contributed by atoms with Crippen molar-refractivity contribution >= 4 is 37.3 Å². The molecule has 1 aliphatic rings. The molecule has 0 saturated carbocycles. The van der Waals surface area contributed by atoms with Gasteiger partial charge in [-0.25, -0.2) is 13.4 Å². The fourth-order valence-electron chi connectivity index (χ4n) is 3.41. The largest absolute Gasteiger partial charge is 0.495 e. The van der Waals surface area contributed by atoms with Crippen molar-refractivity contribution in [3.05, 3.63) is 57.6 Å². The second-order valence-corrected chi connectivity index (χ2v) is 9.31. The van der Waals surface area contributed by atoms with E-state index in [1.807, 2.05) is 24.3 Å². The third-order valence-corrected chi connectivity index (χ3v) is 7.81. The van der Waals surface area contributed by atoms with Gasteiger partial charge in [-0.15, -0.1) is 11.3 Å². The molecule has 0 radical (unpaired) electrons. The van der Waals surface area contributed by atoms with Crippen molar-refractivity contribution in [1.82, 2.24) is 9.29 Å². The van der Waals surface area contributed by atoms with E-state index in [0.29, 0.717) is 19.4 Å². The van der Waals surface area contributed by atoms with Gasteiger partial charge in [-0.3, -0.25) is 10.1 Å². The van der Waals surface area contributed by atoms with Crippen LogP contribution in [0.3, 0.4) is 0 Å². The maximum atomic E-state index is 13.4. The number of nitrogens with zero attached hydrogens (tertiary/aromatic N) is 3. The fourth-order valence-corrected chi connectivity index (χ4v) is 6.43. The number of aromatic nitrogens is 1. The minimum absolute atomic E-state index is 0.0838. The lowest BCUT2D eigenvalue weighted by Crippen LogP contribution is -2.31. The van der Waals surface area contributed by atoms with Crippen molar-refractivity contribution in [3.63, 3.8) is 0 Å². The molecule has 146 valence electrons. The standard InChI is InChI=1S/C18H17N3O5S2/c1-26-15-9-8-12(21(22)23)11-17(15)28(24,25)20-10-4-6-14(20)18-19-13-5-2-3-7-16(13)27-18/h2-3,5,7-9,11,14H,4,6,10H2,1H3. The van der Waals surface area contributed by atoms with E-state index in [1.54, 1.807) is 0 Å².